The molecule has 20 heavy (non-hydrogen) atoms. The van der Waals surface area contributed by atoms with Crippen LogP contribution in [0.25, 0.3) is 10.2 Å². The predicted octanol–water partition coefficient (Wildman–Crippen LogP) is 3.81. The average molecular weight is 301 g/mol. The van der Waals surface area contributed by atoms with Crippen molar-refractivity contribution >= 4 is 44.3 Å². The number of nitrogens with two attached hydrogens (primary N) is 1. The number of anilines is 2. The number of hydrogen-bond acceptors (Lipinski definition) is 5. The van der Waals surface area contributed by atoms with Crippen molar-refractivity contribution in [2.45, 2.75) is 19.9 Å². The van der Waals surface area contributed by atoms with Crippen molar-refractivity contribution in [3.8, 4) is 0 Å². The van der Waals surface area contributed by atoms with Crippen LogP contribution in [-0.4, -0.2) is 11.5 Å². The first-order valence-electron chi connectivity index (χ1n) is 6.67. The Morgan fingerprint density at radius 3 is 3.15 bits per heavy atom. The lowest BCUT2D eigenvalue weighted by Crippen LogP contribution is -2.29. The van der Waals surface area contributed by atoms with Gasteiger partial charge in [-0.05, 0) is 42.5 Å². The van der Waals surface area contributed by atoms with Gasteiger partial charge in [-0.1, -0.05) is 0 Å². The van der Waals surface area contributed by atoms with E-state index in [2.05, 4.69) is 33.5 Å². The number of thiazole rings is 1. The smallest absolute Gasteiger partial charge is 0.0907 e. The minimum Gasteiger partial charge on any atom is -0.397 e. The van der Waals surface area contributed by atoms with Crippen molar-refractivity contribution in [3.05, 3.63) is 39.0 Å². The second kappa shape index (κ2) is 4.46. The van der Waals surface area contributed by atoms with Crippen molar-refractivity contribution in [2.24, 2.45) is 0 Å². The Hall–Kier alpha value is -1.59. The van der Waals surface area contributed by atoms with Gasteiger partial charge in [0.15, 0.2) is 0 Å². The van der Waals surface area contributed by atoms with Crippen LogP contribution in [0.15, 0.2) is 23.6 Å². The van der Waals surface area contributed by atoms with E-state index in [1.54, 1.807) is 11.3 Å². The van der Waals surface area contributed by atoms with Crippen LogP contribution in [0.3, 0.4) is 0 Å². The van der Waals surface area contributed by atoms with Gasteiger partial charge in [0.05, 0.1) is 26.6 Å². The van der Waals surface area contributed by atoms with Crippen LogP contribution in [0.5, 0.6) is 0 Å². The van der Waals surface area contributed by atoms with E-state index in [9.17, 15) is 0 Å². The number of nitrogens with zero attached hydrogens (tertiary/aromatic N) is 2. The molecular weight excluding hydrogens is 286 g/mol. The Morgan fingerprint density at radius 2 is 2.25 bits per heavy atom. The van der Waals surface area contributed by atoms with Gasteiger partial charge in [-0.2, -0.15) is 0 Å². The fourth-order valence-electron chi connectivity index (χ4n) is 2.82. The number of benzene rings is 1. The summed E-state index contributed by atoms with van der Waals surface area (Å²) in [5, 5.41) is 3.28. The molecule has 0 amide bonds. The Kier molecular flexibility index (Phi) is 2.72. The minimum atomic E-state index is 0.861. The lowest BCUT2D eigenvalue weighted by Gasteiger charge is -2.30. The molecule has 1 aliphatic rings. The van der Waals surface area contributed by atoms with Crippen molar-refractivity contribution in [1.29, 1.82) is 0 Å². The molecule has 0 radical (unpaired) electrons. The highest BCUT2D eigenvalue weighted by molar-refractivity contribution is 7.18. The fraction of sp³-hybridized carbons (Fsp3) is 0.267. The van der Waals surface area contributed by atoms with Crippen LogP contribution >= 0.6 is 22.7 Å². The van der Waals surface area contributed by atoms with Gasteiger partial charge < -0.3 is 10.6 Å². The number of nitrogen functional groups attached to an aromatic ring is 1. The van der Waals surface area contributed by atoms with E-state index in [1.165, 1.54) is 15.1 Å². The Labute approximate surface area is 125 Å². The molecule has 5 heteroatoms. The van der Waals surface area contributed by atoms with Gasteiger partial charge in [0.2, 0.25) is 0 Å². The van der Waals surface area contributed by atoms with Crippen molar-refractivity contribution in [1.82, 2.24) is 4.98 Å². The molecule has 0 bridgehead atoms. The molecule has 3 aromatic rings. The molecule has 1 aromatic carbocycles. The second-order valence-electron chi connectivity index (χ2n) is 5.15. The summed E-state index contributed by atoms with van der Waals surface area (Å²) in [5.41, 5.74) is 10.8. The molecule has 102 valence electrons. The molecule has 2 N–H and O–H groups in total. The summed E-state index contributed by atoms with van der Waals surface area (Å²) in [6.45, 7) is 4.03. The molecule has 0 saturated carbocycles. The fourth-order valence-corrected chi connectivity index (χ4v) is 4.57. The van der Waals surface area contributed by atoms with Gasteiger partial charge in [0.1, 0.15) is 0 Å². The van der Waals surface area contributed by atoms with Crippen LogP contribution in [-0.2, 0) is 13.0 Å². The van der Waals surface area contributed by atoms with Crippen LogP contribution in [0.1, 0.15) is 15.4 Å². The maximum atomic E-state index is 6.26. The zero-order chi connectivity index (χ0) is 13.7. The van der Waals surface area contributed by atoms with Gasteiger partial charge in [0.25, 0.3) is 0 Å². The predicted molar refractivity (Wildman–Crippen MR) is 87.8 cm³/mol. The summed E-state index contributed by atoms with van der Waals surface area (Å²) < 4.78 is 1.18. The van der Waals surface area contributed by atoms with Gasteiger partial charge in [-0.25, -0.2) is 4.98 Å². The monoisotopic (exact) mass is 301 g/mol. The van der Waals surface area contributed by atoms with E-state index >= 15 is 0 Å². The quantitative estimate of drug-likeness (QED) is 0.695. The summed E-state index contributed by atoms with van der Waals surface area (Å²) in [6, 6.07) is 6.44. The average Bonchev–Trinajstić information content (AvgIpc) is 3.01. The zero-order valence-corrected chi connectivity index (χ0v) is 12.9. The number of aromatic nitrogens is 1. The summed E-state index contributed by atoms with van der Waals surface area (Å²) >= 11 is 3.57. The van der Waals surface area contributed by atoms with Crippen molar-refractivity contribution in [2.75, 3.05) is 17.2 Å². The topological polar surface area (TPSA) is 42.2 Å². The molecule has 0 unspecified atom stereocenters. The van der Waals surface area contributed by atoms with E-state index in [-0.39, 0.29) is 0 Å². The third-order valence-corrected chi connectivity index (χ3v) is 5.75. The molecule has 0 fully saturated rings. The highest BCUT2D eigenvalue weighted by atomic mass is 32.1. The van der Waals surface area contributed by atoms with E-state index in [0.717, 1.165) is 41.4 Å². The largest absolute Gasteiger partial charge is 0.397 e. The van der Waals surface area contributed by atoms with Gasteiger partial charge >= 0.3 is 0 Å². The number of aryl methyl sites for hydroxylation is 1. The van der Waals surface area contributed by atoms with Crippen LogP contribution in [0.2, 0.25) is 0 Å². The minimum absolute atomic E-state index is 0.861. The summed E-state index contributed by atoms with van der Waals surface area (Å²) in [4.78, 5) is 8.47. The maximum absolute atomic E-state index is 6.26. The third-order valence-electron chi connectivity index (χ3n) is 3.79. The lowest BCUT2D eigenvalue weighted by atomic mass is 10.1. The van der Waals surface area contributed by atoms with Crippen molar-refractivity contribution < 1.29 is 0 Å². The maximum Gasteiger partial charge on any atom is 0.0907 e. The van der Waals surface area contributed by atoms with E-state index in [1.807, 2.05) is 18.3 Å². The Bertz CT molecular complexity index is 788. The number of hydrogen-bond donors (Lipinski definition) is 1. The van der Waals surface area contributed by atoms with Gasteiger partial charge in [-0.15, -0.1) is 22.7 Å². The van der Waals surface area contributed by atoms with Gasteiger partial charge in [0, 0.05) is 18.0 Å². The SMILES string of the molecule is Cc1nc2cc(N3CCc4sccc4C3)c(N)cc2s1. The molecule has 0 aliphatic carbocycles. The summed E-state index contributed by atoms with van der Waals surface area (Å²) in [7, 11) is 0. The molecule has 2 aromatic heterocycles. The molecule has 3 heterocycles. The van der Waals surface area contributed by atoms with Crippen molar-refractivity contribution in [3.63, 3.8) is 0 Å². The third kappa shape index (κ3) is 1.89. The highest BCUT2D eigenvalue weighted by Gasteiger charge is 2.20. The first-order valence-corrected chi connectivity index (χ1v) is 8.37. The van der Waals surface area contributed by atoms with E-state index in [0.29, 0.717) is 0 Å². The van der Waals surface area contributed by atoms with Crippen LogP contribution in [0.4, 0.5) is 11.4 Å². The summed E-state index contributed by atoms with van der Waals surface area (Å²) in [5.74, 6) is 0. The molecule has 0 atom stereocenters. The van der Waals surface area contributed by atoms with Crippen LogP contribution in [0, 0.1) is 6.92 Å². The molecule has 4 rings (SSSR count). The summed E-state index contributed by atoms with van der Waals surface area (Å²) in [6.07, 6.45) is 1.11. The number of fused-ring (bicyclic) bond motifs is 2. The standard InChI is InChI=1S/C15H15N3S2/c1-9-17-12-7-13(11(16)6-15(12)20-9)18-4-2-14-10(8-18)3-5-19-14/h3,5-7H,2,4,8,16H2,1H3. The van der Waals surface area contributed by atoms with E-state index < -0.39 is 0 Å². The first-order chi connectivity index (χ1) is 9.70. The molecular formula is C15H15N3S2. The molecule has 0 saturated heterocycles. The Morgan fingerprint density at radius 1 is 1.35 bits per heavy atom. The zero-order valence-electron chi connectivity index (χ0n) is 11.2. The number of thiophene rings is 1. The van der Waals surface area contributed by atoms with Gasteiger partial charge in [-0.3, -0.25) is 0 Å². The normalized spacial score (nSPS) is 14.8. The first kappa shape index (κ1) is 12.2. The lowest BCUT2D eigenvalue weighted by molar-refractivity contribution is 0.745. The number of rotatable bonds is 1. The molecule has 1 aliphatic heterocycles. The highest BCUT2D eigenvalue weighted by Crippen LogP contribution is 2.35. The van der Waals surface area contributed by atoms with Crippen LogP contribution < -0.4 is 10.6 Å². The molecule has 0 spiro atoms. The Balaban J connectivity index is 1.77. The molecule has 3 nitrogen and oxygen atoms in total. The second-order valence-corrected chi connectivity index (χ2v) is 7.39. The van der Waals surface area contributed by atoms with E-state index in [4.69, 9.17) is 5.73 Å².